The number of carbonyl (C=O) groups excluding carboxylic acids is 1. The third-order valence-electron chi connectivity index (χ3n) is 4.72. The Morgan fingerprint density at radius 2 is 2.00 bits per heavy atom. The van der Waals surface area contributed by atoms with Crippen molar-refractivity contribution in [2.24, 2.45) is 0 Å². The topological polar surface area (TPSA) is 66.5 Å². The van der Waals surface area contributed by atoms with Gasteiger partial charge in [-0.05, 0) is 57.6 Å². The maximum Gasteiger partial charge on any atom is 0.232 e. The molecule has 1 aromatic rings. The smallest absolute Gasteiger partial charge is 0.232 e. The number of aryl methyl sites for hydroxylation is 2. The number of amides is 1. The summed E-state index contributed by atoms with van der Waals surface area (Å²) in [5.74, 6) is -0.111. The highest BCUT2D eigenvalue weighted by Gasteiger charge is 2.20. The molecule has 0 bridgehead atoms. The van der Waals surface area contributed by atoms with Gasteiger partial charge in [-0.1, -0.05) is 29.3 Å². The minimum atomic E-state index is -3.44. The van der Waals surface area contributed by atoms with Crippen LogP contribution in [0.3, 0.4) is 0 Å². The zero-order valence-electron chi connectivity index (χ0n) is 16.0. The fraction of sp³-hybridized carbons (Fsp3) is 0.550. The molecule has 0 fully saturated rings. The second-order valence-electron chi connectivity index (χ2n) is 7.08. The summed E-state index contributed by atoms with van der Waals surface area (Å²) in [5, 5.41) is 2.91. The van der Waals surface area contributed by atoms with E-state index in [1.54, 1.807) is 6.07 Å². The lowest BCUT2D eigenvalue weighted by Gasteiger charge is -2.24. The molecule has 1 aliphatic rings. The van der Waals surface area contributed by atoms with E-state index in [1.165, 1.54) is 29.0 Å². The van der Waals surface area contributed by atoms with Crippen LogP contribution in [0.1, 0.15) is 49.7 Å². The predicted octanol–water partition coefficient (Wildman–Crippen LogP) is 3.47. The molecule has 0 spiro atoms. The molecule has 0 aromatic heterocycles. The highest BCUT2D eigenvalue weighted by Crippen LogP contribution is 2.24. The standard InChI is InChI=1S/C20H30N2O3S/c1-16-9-10-19(17(2)15-16)22(26(3,24)25)14-12-20(23)21-13-11-18-7-5-4-6-8-18/h7,9-10,15H,4-6,8,11-14H2,1-3H3,(H,21,23). The van der Waals surface area contributed by atoms with Gasteiger partial charge in [-0.3, -0.25) is 9.10 Å². The molecule has 0 saturated carbocycles. The van der Waals surface area contributed by atoms with Gasteiger partial charge in [0.15, 0.2) is 0 Å². The molecule has 1 amide bonds. The summed E-state index contributed by atoms with van der Waals surface area (Å²) < 4.78 is 25.7. The molecule has 144 valence electrons. The summed E-state index contributed by atoms with van der Waals surface area (Å²) in [6.07, 6.45) is 9.26. The van der Waals surface area contributed by atoms with E-state index in [0.717, 1.165) is 30.4 Å². The van der Waals surface area contributed by atoms with E-state index in [1.807, 2.05) is 26.0 Å². The number of carbonyl (C=O) groups is 1. The molecule has 1 aliphatic carbocycles. The highest BCUT2D eigenvalue weighted by atomic mass is 32.2. The van der Waals surface area contributed by atoms with Crippen molar-refractivity contribution in [1.82, 2.24) is 5.32 Å². The molecule has 0 aliphatic heterocycles. The van der Waals surface area contributed by atoms with Gasteiger partial charge in [-0.25, -0.2) is 8.42 Å². The van der Waals surface area contributed by atoms with E-state index in [2.05, 4.69) is 11.4 Å². The fourth-order valence-corrected chi connectivity index (χ4v) is 4.32. The monoisotopic (exact) mass is 378 g/mol. The van der Waals surface area contributed by atoms with Crippen molar-refractivity contribution in [2.45, 2.75) is 52.4 Å². The van der Waals surface area contributed by atoms with Crippen LogP contribution in [0, 0.1) is 13.8 Å². The Balaban J connectivity index is 1.90. The third-order valence-corrected chi connectivity index (χ3v) is 5.90. The van der Waals surface area contributed by atoms with E-state index in [0.29, 0.717) is 12.2 Å². The van der Waals surface area contributed by atoms with Gasteiger partial charge in [-0.2, -0.15) is 0 Å². The average molecular weight is 379 g/mol. The summed E-state index contributed by atoms with van der Waals surface area (Å²) in [4.78, 5) is 12.1. The lowest BCUT2D eigenvalue weighted by Crippen LogP contribution is -2.35. The molecule has 0 radical (unpaired) electrons. The Bertz CT molecular complexity index is 769. The summed E-state index contributed by atoms with van der Waals surface area (Å²) in [6.45, 7) is 4.62. The summed E-state index contributed by atoms with van der Waals surface area (Å²) in [5.41, 5.74) is 4.03. The SMILES string of the molecule is Cc1ccc(N(CCC(=O)NCCC2=CCCCC2)S(C)(=O)=O)c(C)c1. The van der Waals surface area contributed by atoms with Crippen LogP contribution >= 0.6 is 0 Å². The van der Waals surface area contributed by atoms with Crippen LogP contribution in [-0.4, -0.2) is 33.7 Å². The maximum absolute atomic E-state index is 12.2. The Labute approximate surface area is 157 Å². The summed E-state index contributed by atoms with van der Waals surface area (Å²) >= 11 is 0. The van der Waals surface area contributed by atoms with E-state index in [-0.39, 0.29) is 18.9 Å². The van der Waals surface area contributed by atoms with Gasteiger partial charge in [0.25, 0.3) is 0 Å². The molecule has 5 nitrogen and oxygen atoms in total. The number of rotatable bonds is 8. The van der Waals surface area contributed by atoms with Gasteiger partial charge in [-0.15, -0.1) is 0 Å². The Kier molecular flexibility index (Phi) is 7.26. The number of sulfonamides is 1. The van der Waals surface area contributed by atoms with Crippen molar-refractivity contribution >= 4 is 21.6 Å². The molecule has 26 heavy (non-hydrogen) atoms. The third kappa shape index (κ3) is 6.16. The minimum absolute atomic E-state index is 0.111. The van der Waals surface area contributed by atoms with Crippen molar-refractivity contribution in [3.8, 4) is 0 Å². The molecular weight excluding hydrogens is 348 g/mol. The zero-order valence-corrected chi connectivity index (χ0v) is 16.9. The van der Waals surface area contributed by atoms with Gasteiger partial charge in [0.1, 0.15) is 0 Å². The van der Waals surface area contributed by atoms with Crippen molar-refractivity contribution < 1.29 is 13.2 Å². The lowest BCUT2D eigenvalue weighted by molar-refractivity contribution is -0.120. The number of allylic oxidation sites excluding steroid dienone is 1. The molecule has 2 rings (SSSR count). The molecule has 1 N–H and O–H groups in total. The van der Waals surface area contributed by atoms with Crippen molar-refractivity contribution in [1.29, 1.82) is 0 Å². The van der Waals surface area contributed by atoms with Gasteiger partial charge in [0.2, 0.25) is 15.9 Å². The van der Waals surface area contributed by atoms with E-state index in [9.17, 15) is 13.2 Å². The number of anilines is 1. The molecular formula is C20H30N2O3S. The number of nitrogens with one attached hydrogen (secondary N) is 1. The summed E-state index contributed by atoms with van der Waals surface area (Å²) in [7, 11) is -3.44. The maximum atomic E-state index is 12.2. The normalized spacial score (nSPS) is 14.7. The number of benzene rings is 1. The first-order valence-corrected chi connectivity index (χ1v) is 11.1. The second kappa shape index (κ2) is 9.21. The van der Waals surface area contributed by atoms with E-state index in [4.69, 9.17) is 0 Å². The number of hydrogen-bond donors (Lipinski definition) is 1. The Morgan fingerprint density at radius 3 is 2.62 bits per heavy atom. The zero-order chi connectivity index (χ0) is 19.2. The van der Waals surface area contributed by atoms with Crippen LogP contribution in [0.25, 0.3) is 0 Å². The Hall–Kier alpha value is -1.82. The minimum Gasteiger partial charge on any atom is -0.356 e. The average Bonchev–Trinajstić information content (AvgIpc) is 2.56. The van der Waals surface area contributed by atoms with Gasteiger partial charge in [0.05, 0.1) is 11.9 Å². The first-order valence-electron chi connectivity index (χ1n) is 9.27. The quantitative estimate of drug-likeness (QED) is 0.705. The Morgan fingerprint density at radius 1 is 1.23 bits per heavy atom. The van der Waals surface area contributed by atoms with Crippen molar-refractivity contribution in [2.75, 3.05) is 23.7 Å². The fourth-order valence-electron chi connectivity index (χ4n) is 3.34. The van der Waals surface area contributed by atoms with Crippen LogP contribution < -0.4 is 9.62 Å². The predicted molar refractivity (Wildman–Crippen MR) is 107 cm³/mol. The van der Waals surface area contributed by atoms with Crippen LogP contribution in [0.15, 0.2) is 29.8 Å². The lowest BCUT2D eigenvalue weighted by atomic mass is 9.97. The molecule has 0 heterocycles. The largest absolute Gasteiger partial charge is 0.356 e. The van der Waals surface area contributed by atoms with Crippen LogP contribution in [0.2, 0.25) is 0 Å². The second-order valence-corrected chi connectivity index (χ2v) is 8.99. The summed E-state index contributed by atoms with van der Waals surface area (Å²) in [6, 6.07) is 5.64. The molecule has 6 heteroatoms. The highest BCUT2D eigenvalue weighted by molar-refractivity contribution is 7.92. The molecule has 0 atom stereocenters. The van der Waals surface area contributed by atoms with Crippen molar-refractivity contribution in [3.63, 3.8) is 0 Å². The van der Waals surface area contributed by atoms with E-state index < -0.39 is 10.0 Å². The molecule has 0 saturated heterocycles. The van der Waals surface area contributed by atoms with Crippen LogP contribution in [-0.2, 0) is 14.8 Å². The van der Waals surface area contributed by atoms with Crippen LogP contribution in [0.4, 0.5) is 5.69 Å². The molecule has 1 aromatic carbocycles. The first kappa shape index (κ1) is 20.5. The molecule has 0 unspecified atom stereocenters. The van der Waals surface area contributed by atoms with E-state index >= 15 is 0 Å². The van der Waals surface area contributed by atoms with Gasteiger partial charge >= 0.3 is 0 Å². The van der Waals surface area contributed by atoms with Gasteiger partial charge < -0.3 is 5.32 Å². The number of hydrogen-bond acceptors (Lipinski definition) is 3. The van der Waals surface area contributed by atoms with Crippen LogP contribution in [0.5, 0.6) is 0 Å². The van der Waals surface area contributed by atoms with Crippen molar-refractivity contribution in [3.05, 3.63) is 41.0 Å². The van der Waals surface area contributed by atoms with Gasteiger partial charge in [0, 0.05) is 19.5 Å². The number of nitrogens with zero attached hydrogens (tertiary/aromatic N) is 1. The first-order chi connectivity index (χ1) is 12.3.